The molecule has 1 fully saturated rings. The number of anilines is 2. The summed E-state index contributed by atoms with van der Waals surface area (Å²) < 4.78 is 14.8. The number of hydrogen-bond donors (Lipinski definition) is 0. The highest BCUT2D eigenvalue weighted by molar-refractivity contribution is 9.10. The number of halogens is 2. The minimum Gasteiger partial charge on any atom is -0.368 e. The van der Waals surface area contributed by atoms with Gasteiger partial charge in [0, 0.05) is 36.3 Å². The molecule has 1 heterocycles. The summed E-state index contributed by atoms with van der Waals surface area (Å²) in [5, 5.41) is 8.84. The van der Waals surface area contributed by atoms with Crippen molar-refractivity contribution in [2.45, 2.75) is 0 Å². The molecule has 1 aliphatic heterocycles. The first-order valence-electron chi connectivity index (χ1n) is 7.12. The highest BCUT2D eigenvalue weighted by Crippen LogP contribution is 2.25. The SMILES string of the molecule is N#Cc1ccc(N2CCN(c3ccc(Br)cc3F)CC2)cc1. The molecule has 0 amide bonds. The van der Waals surface area contributed by atoms with Crippen LogP contribution in [0.5, 0.6) is 0 Å². The summed E-state index contributed by atoms with van der Waals surface area (Å²) >= 11 is 3.28. The Kier molecular flexibility index (Phi) is 4.30. The van der Waals surface area contributed by atoms with E-state index in [1.165, 1.54) is 6.07 Å². The van der Waals surface area contributed by atoms with Crippen LogP contribution in [-0.4, -0.2) is 26.2 Å². The molecule has 0 N–H and O–H groups in total. The van der Waals surface area contributed by atoms with Crippen molar-refractivity contribution in [3.8, 4) is 6.07 Å². The Hall–Kier alpha value is -2.06. The smallest absolute Gasteiger partial charge is 0.147 e. The van der Waals surface area contributed by atoms with Gasteiger partial charge in [0.2, 0.25) is 0 Å². The maximum absolute atomic E-state index is 14.0. The summed E-state index contributed by atoms with van der Waals surface area (Å²) in [6.45, 7) is 3.22. The zero-order valence-corrected chi connectivity index (χ0v) is 13.6. The lowest BCUT2D eigenvalue weighted by Gasteiger charge is -2.37. The van der Waals surface area contributed by atoms with Crippen LogP contribution in [0.2, 0.25) is 0 Å². The van der Waals surface area contributed by atoms with Crippen LogP contribution < -0.4 is 9.80 Å². The maximum Gasteiger partial charge on any atom is 0.147 e. The van der Waals surface area contributed by atoms with Crippen molar-refractivity contribution >= 4 is 27.3 Å². The molecule has 0 radical (unpaired) electrons. The second kappa shape index (κ2) is 6.37. The lowest BCUT2D eigenvalue weighted by molar-refractivity contribution is 0.597. The third kappa shape index (κ3) is 3.07. The van der Waals surface area contributed by atoms with Crippen LogP contribution in [0.25, 0.3) is 0 Å². The largest absolute Gasteiger partial charge is 0.368 e. The van der Waals surface area contributed by atoms with Gasteiger partial charge in [0.1, 0.15) is 5.82 Å². The Bertz CT molecular complexity index is 701. The molecule has 3 nitrogen and oxygen atoms in total. The minimum absolute atomic E-state index is 0.193. The second-order valence-corrected chi connectivity index (χ2v) is 6.14. The predicted molar refractivity (Wildman–Crippen MR) is 89.7 cm³/mol. The third-order valence-electron chi connectivity index (χ3n) is 3.89. The minimum atomic E-state index is -0.193. The lowest BCUT2D eigenvalue weighted by Crippen LogP contribution is -2.46. The van der Waals surface area contributed by atoms with E-state index in [2.05, 4.69) is 31.8 Å². The van der Waals surface area contributed by atoms with Crippen LogP contribution in [0.15, 0.2) is 46.9 Å². The first-order valence-corrected chi connectivity index (χ1v) is 7.92. The fourth-order valence-electron chi connectivity index (χ4n) is 2.69. The van der Waals surface area contributed by atoms with Crippen molar-refractivity contribution in [2.75, 3.05) is 36.0 Å². The third-order valence-corrected chi connectivity index (χ3v) is 4.38. The van der Waals surface area contributed by atoms with Crippen LogP contribution in [0.3, 0.4) is 0 Å². The topological polar surface area (TPSA) is 30.3 Å². The number of benzene rings is 2. The summed E-state index contributed by atoms with van der Waals surface area (Å²) in [5.74, 6) is -0.193. The second-order valence-electron chi connectivity index (χ2n) is 5.23. The first-order chi connectivity index (χ1) is 10.7. The molecule has 0 atom stereocenters. The van der Waals surface area contributed by atoms with E-state index >= 15 is 0 Å². The first kappa shape index (κ1) is 14.9. The molecule has 5 heteroatoms. The van der Waals surface area contributed by atoms with Gasteiger partial charge in [-0.3, -0.25) is 0 Å². The van der Waals surface area contributed by atoms with Crippen LogP contribution in [0, 0.1) is 17.1 Å². The molecule has 1 saturated heterocycles. The van der Waals surface area contributed by atoms with Crippen LogP contribution in [0.4, 0.5) is 15.8 Å². The van der Waals surface area contributed by atoms with Gasteiger partial charge in [-0.1, -0.05) is 15.9 Å². The molecule has 3 rings (SSSR count). The molecular formula is C17H15BrFN3. The van der Waals surface area contributed by atoms with Gasteiger partial charge in [-0.25, -0.2) is 4.39 Å². The molecule has 0 spiro atoms. The molecule has 0 saturated carbocycles. The van der Waals surface area contributed by atoms with E-state index in [0.717, 1.165) is 36.3 Å². The van der Waals surface area contributed by atoms with E-state index in [0.29, 0.717) is 11.3 Å². The van der Waals surface area contributed by atoms with Crippen LogP contribution >= 0.6 is 15.9 Å². The Morgan fingerprint density at radius 1 is 0.955 bits per heavy atom. The molecule has 2 aromatic carbocycles. The van der Waals surface area contributed by atoms with Gasteiger partial charge in [-0.15, -0.1) is 0 Å². The molecule has 1 aliphatic rings. The quantitative estimate of drug-likeness (QED) is 0.817. The van der Waals surface area contributed by atoms with E-state index in [4.69, 9.17) is 5.26 Å². The molecule has 22 heavy (non-hydrogen) atoms. The normalized spacial score (nSPS) is 14.8. The molecular weight excluding hydrogens is 345 g/mol. The number of nitriles is 1. The van der Waals surface area contributed by atoms with Crippen molar-refractivity contribution in [2.24, 2.45) is 0 Å². The van der Waals surface area contributed by atoms with Crippen molar-refractivity contribution in [1.29, 1.82) is 5.26 Å². The van der Waals surface area contributed by atoms with E-state index in [1.54, 1.807) is 0 Å². The monoisotopic (exact) mass is 359 g/mol. The predicted octanol–water partition coefficient (Wildman–Crippen LogP) is 3.79. The van der Waals surface area contributed by atoms with Gasteiger partial charge >= 0.3 is 0 Å². The van der Waals surface area contributed by atoms with Gasteiger partial charge in [-0.2, -0.15) is 5.26 Å². The fraction of sp³-hybridized carbons (Fsp3) is 0.235. The summed E-state index contributed by atoms with van der Waals surface area (Å²) in [6, 6.07) is 14.9. The fourth-order valence-corrected chi connectivity index (χ4v) is 3.02. The Labute approximate surface area is 137 Å². The summed E-state index contributed by atoms with van der Waals surface area (Å²) in [7, 11) is 0. The average molecular weight is 360 g/mol. The van der Waals surface area contributed by atoms with Crippen molar-refractivity contribution < 1.29 is 4.39 Å². The highest BCUT2D eigenvalue weighted by Gasteiger charge is 2.19. The van der Waals surface area contributed by atoms with E-state index in [9.17, 15) is 4.39 Å². The Balaban J connectivity index is 1.68. The van der Waals surface area contributed by atoms with Crippen molar-refractivity contribution in [3.05, 3.63) is 58.3 Å². The lowest BCUT2D eigenvalue weighted by atomic mass is 10.2. The van der Waals surface area contributed by atoms with Gasteiger partial charge < -0.3 is 9.80 Å². The molecule has 112 valence electrons. The Morgan fingerprint density at radius 3 is 2.18 bits per heavy atom. The van der Waals surface area contributed by atoms with Crippen LogP contribution in [0.1, 0.15) is 5.56 Å². The van der Waals surface area contributed by atoms with E-state index in [1.807, 2.05) is 36.4 Å². The summed E-state index contributed by atoms with van der Waals surface area (Å²) in [4.78, 5) is 4.33. The van der Waals surface area contributed by atoms with Gasteiger partial charge in [0.25, 0.3) is 0 Å². The van der Waals surface area contributed by atoms with E-state index in [-0.39, 0.29) is 5.82 Å². The van der Waals surface area contributed by atoms with Crippen molar-refractivity contribution in [1.82, 2.24) is 0 Å². The summed E-state index contributed by atoms with van der Waals surface area (Å²) in [6.07, 6.45) is 0. The van der Waals surface area contributed by atoms with Gasteiger partial charge in [0.15, 0.2) is 0 Å². The number of piperazine rings is 1. The molecule has 0 unspecified atom stereocenters. The standard InChI is InChI=1S/C17H15BrFN3/c18-14-3-6-17(16(19)11-14)22-9-7-21(8-10-22)15-4-1-13(12-20)2-5-15/h1-6,11H,7-10H2. The number of nitrogens with zero attached hydrogens (tertiary/aromatic N) is 3. The van der Waals surface area contributed by atoms with Gasteiger partial charge in [0.05, 0.1) is 17.3 Å². The van der Waals surface area contributed by atoms with E-state index < -0.39 is 0 Å². The molecule has 0 aliphatic carbocycles. The molecule has 0 aromatic heterocycles. The van der Waals surface area contributed by atoms with Crippen LogP contribution in [-0.2, 0) is 0 Å². The molecule has 2 aromatic rings. The number of rotatable bonds is 2. The maximum atomic E-state index is 14.0. The van der Waals surface area contributed by atoms with Gasteiger partial charge in [-0.05, 0) is 42.5 Å². The average Bonchev–Trinajstić information content (AvgIpc) is 2.55. The zero-order valence-electron chi connectivity index (χ0n) is 12.0. The zero-order chi connectivity index (χ0) is 15.5. The Morgan fingerprint density at radius 2 is 1.59 bits per heavy atom. The molecule has 0 bridgehead atoms. The summed E-state index contributed by atoms with van der Waals surface area (Å²) in [5.41, 5.74) is 2.43. The van der Waals surface area contributed by atoms with Crippen molar-refractivity contribution in [3.63, 3.8) is 0 Å². The highest BCUT2D eigenvalue weighted by atomic mass is 79.9. The number of hydrogen-bond acceptors (Lipinski definition) is 3.